The number of piperidine rings is 1. The van der Waals surface area contributed by atoms with Crippen LogP contribution in [0.3, 0.4) is 0 Å². The molecular formula is C15H20FN2O2+. The van der Waals surface area contributed by atoms with E-state index in [4.69, 9.17) is 4.74 Å². The van der Waals surface area contributed by atoms with Crippen molar-refractivity contribution in [1.29, 1.82) is 0 Å². The molecular weight excluding hydrogens is 259 g/mol. The van der Waals surface area contributed by atoms with Crippen LogP contribution in [0, 0.1) is 0 Å². The lowest BCUT2D eigenvalue weighted by Gasteiger charge is -2.30. The molecule has 20 heavy (non-hydrogen) atoms. The highest BCUT2D eigenvalue weighted by atomic mass is 19.1. The lowest BCUT2D eigenvalue weighted by atomic mass is 9.98. The first-order valence-corrected chi connectivity index (χ1v) is 7.18. The molecule has 0 radical (unpaired) electrons. The fraction of sp³-hybridized carbons (Fsp3) is 0.533. The zero-order valence-electron chi connectivity index (χ0n) is 11.3. The molecule has 4 atom stereocenters. The molecule has 1 aromatic rings. The van der Waals surface area contributed by atoms with Crippen LogP contribution in [0.5, 0.6) is 0 Å². The number of fused-ring (bicyclic) bond motifs is 2. The highest BCUT2D eigenvalue weighted by Crippen LogP contribution is 2.23. The summed E-state index contributed by atoms with van der Waals surface area (Å²) in [6.07, 6.45) is 1.14. The minimum atomic E-state index is -0.974. The molecule has 1 amide bonds. The van der Waals surface area contributed by atoms with Crippen molar-refractivity contribution >= 4 is 6.09 Å². The number of carbonyl (C=O) groups is 1. The molecule has 4 nitrogen and oxygen atoms in total. The number of nitrogens with one attached hydrogen (secondary N) is 1. The number of rotatable bonds is 3. The number of alkyl halides is 1. The maximum atomic E-state index is 14.2. The number of amides is 1. The molecule has 2 aliphatic rings. The van der Waals surface area contributed by atoms with E-state index in [1.807, 2.05) is 30.3 Å². The van der Waals surface area contributed by atoms with Gasteiger partial charge < -0.3 is 15.4 Å². The molecule has 0 aliphatic carbocycles. The number of ether oxygens (including phenoxy) is 1. The van der Waals surface area contributed by atoms with E-state index in [1.165, 1.54) is 0 Å². The van der Waals surface area contributed by atoms with Gasteiger partial charge in [0.25, 0.3) is 0 Å². The molecule has 0 saturated carbocycles. The second-order valence-corrected chi connectivity index (χ2v) is 5.69. The summed E-state index contributed by atoms with van der Waals surface area (Å²) in [5.74, 6) is 0. The standard InChI is InChI=1S/C15H19FN2O2/c16-14-12-7-6-11(17-12)8-13(14)18-15(19)20-9-10-4-2-1-3-5-10/h1-5,11-14,17H,6-9H2,(H,18,19)/p+1/t11-,12+,13-,14+/m1/s1. The molecule has 1 aromatic carbocycles. The zero-order valence-corrected chi connectivity index (χ0v) is 11.3. The molecule has 2 saturated heterocycles. The monoisotopic (exact) mass is 279 g/mol. The fourth-order valence-corrected chi connectivity index (χ4v) is 3.22. The molecule has 0 aromatic heterocycles. The van der Waals surface area contributed by atoms with E-state index < -0.39 is 18.3 Å². The molecule has 5 heteroatoms. The number of carbonyl (C=O) groups excluding carboxylic acids is 1. The topological polar surface area (TPSA) is 54.9 Å². The Labute approximate surface area is 117 Å². The second-order valence-electron chi connectivity index (χ2n) is 5.69. The Morgan fingerprint density at radius 1 is 1.35 bits per heavy atom. The quantitative estimate of drug-likeness (QED) is 0.871. The van der Waals surface area contributed by atoms with Crippen LogP contribution in [0.1, 0.15) is 24.8 Å². The predicted octanol–water partition coefficient (Wildman–Crippen LogP) is 1.12. The Bertz CT molecular complexity index is 468. The van der Waals surface area contributed by atoms with Crippen LogP contribution < -0.4 is 10.6 Å². The number of quaternary nitrogens is 1. The number of halogens is 1. The smallest absolute Gasteiger partial charge is 0.407 e. The first-order chi connectivity index (χ1) is 9.72. The number of nitrogens with two attached hydrogens (primary N) is 1. The van der Waals surface area contributed by atoms with Gasteiger partial charge in [0.1, 0.15) is 12.6 Å². The number of hydrogen-bond donors (Lipinski definition) is 2. The Morgan fingerprint density at radius 2 is 2.15 bits per heavy atom. The second kappa shape index (κ2) is 5.79. The van der Waals surface area contributed by atoms with Crippen LogP contribution in [0.25, 0.3) is 0 Å². The maximum absolute atomic E-state index is 14.2. The van der Waals surface area contributed by atoms with Gasteiger partial charge in [-0.25, -0.2) is 9.18 Å². The highest BCUT2D eigenvalue weighted by Gasteiger charge is 2.46. The third kappa shape index (κ3) is 2.93. The van der Waals surface area contributed by atoms with Gasteiger partial charge in [0, 0.05) is 19.3 Å². The number of alkyl carbamates (subject to hydrolysis) is 1. The molecule has 3 rings (SSSR count). The van der Waals surface area contributed by atoms with Gasteiger partial charge in [0.15, 0.2) is 6.17 Å². The summed E-state index contributed by atoms with van der Waals surface area (Å²) < 4.78 is 19.3. The van der Waals surface area contributed by atoms with Gasteiger partial charge in [-0.2, -0.15) is 0 Å². The summed E-state index contributed by atoms with van der Waals surface area (Å²) in [5.41, 5.74) is 0.927. The largest absolute Gasteiger partial charge is 0.445 e. The SMILES string of the molecule is O=C(N[C@@H]1C[C@H]2CC[C@H]([NH2+]2)[C@@H]1F)OCc1ccccc1. The molecule has 3 N–H and O–H groups in total. The van der Waals surface area contributed by atoms with Gasteiger partial charge >= 0.3 is 6.09 Å². The lowest BCUT2D eigenvalue weighted by Crippen LogP contribution is -2.96. The van der Waals surface area contributed by atoms with Crippen molar-refractivity contribution in [2.24, 2.45) is 0 Å². The van der Waals surface area contributed by atoms with Crippen molar-refractivity contribution in [1.82, 2.24) is 5.32 Å². The summed E-state index contributed by atoms with van der Waals surface area (Å²) in [6.45, 7) is 0.218. The molecule has 2 bridgehead atoms. The van der Waals surface area contributed by atoms with E-state index in [1.54, 1.807) is 0 Å². The van der Waals surface area contributed by atoms with Crippen LogP contribution in [0.15, 0.2) is 30.3 Å². The van der Waals surface area contributed by atoms with Gasteiger partial charge in [-0.15, -0.1) is 0 Å². The van der Waals surface area contributed by atoms with E-state index in [-0.39, 0.29) is 12.6 Å². The van der Waals surface area contributed by atoms with Crippen molar-refractivity contribution in [2.75, 3.05) is 0 Å². The van der Waals surface area contributed by atoms with Gasteiger partial charge in [-0.3, -0.25) is 0 Å². The molecule has 2 aliphatic heterocycles. The zero-order chi connectivity index (χ0) is 13.9. The molecule has 0 unspecified atom stereocenters. The molecule has 2 heterocycles. The van der Waals surface area contributed by atoms with Gasteiger partial charge in [0.2, 0.25) is 0 Å². The first-order valence-electron chi connectivity index (χ1n) is 7.18. The van der Waals surface area contributed by atoms with Crippen LogP contribution in [0.2, 0.25) is 0 Å². The van der Waals surface area contributed by atoms with E-state index >= 15 is 0 Å². The molecule has 0 spiro atoms. The maximum Gasteiger partial charge on any atom is 0.407 e. The highest BCUT2D eigenvalue weighted by molar-refractivity contribution is 5.67. The third-order valence-electron chi connectivity index (χ3n) is 4.26. The van der Waals surface area contributed by atoms with Crippen molar-refractivity contribution < 1.29 is 19.2 Å². The minimum Gasteiger partial charge on any atom is -0.445 e. The van der Waals surface area contributed by atoms with Gasteiger partial charge in [-0.1, -0.05) is 30.3 Å². The summed E-state index contributed by atoms with van der Waals surface area (Å²) in [5, 5.41) is 4.79. The van der Waals surface area contributed by atoms with Gasteiger partial charge in [0.05, 0.1) is 12.1 Å². The lowest BCUT2D eigenvalue weighted by molar-refractivity contribution is -0.715. The predicted molar refractivity (Wildman–Crippen MR) is 71.8 cm³/mol. The van der Waals surface area contributed by atoms with E-state index in [0.29, 0.717) is 12.5 Å². The fourth-order valence-electron chi connectivity index (χ4n) is 3.22. The summed E-state index contributed by atoms with van der Waals surface area (Å²) in [6, 6.07) is 9.53. The normalized spacial score (nSPS) is 31.9. The van der Waals surface area contributed by atoms with Crippen molar-refractivity contribution in [3.8, 4) is 0 Å². The summed E-state index contributed by atoms with van der Waals surface area (Å²) in [7, 11) is 0. The molecule has 108 valence electrons. The Balaban J connectivity index is 1.49. The number of hydrogen-bond acceptors (Lipinski definition) is 2. The average Bonchev–Trinajstić information content (AvgIpc) is 2.88. The first kappa shape index (κ1) is 13.4. The van der Waals surface area contributed by atoms with Crippen molar-refractivity contribution in [3.05, 3.63) is 35.9 Å². The van der Waals surface area contributed by atoms with Crippen LogP contribution in [-0.2, 0) is 11.3 Å². The Kier molecular flexibility index (Phi) is 3.87. The van der Waals surface area contributed by atoms with Crippen LogP contribution in [0.4, 0.5) is 9.18 Å². The Morgan fingerprint density at radius 3 is 2.95 bits per heavy atom. The molecule has 2 fully saturated rings. The van der Waals surface area contributed by atoms with Gasteiger partial charge in [-0.05, 0) is 5.56 Å². The van der Waals surface area contributed by atoms with Crippen LogP contribution >= 0.6 is 0 Å². The average molecular weight is 279 g/mol. The van der Waals surface area contributed by atoms with E-state index in [9.17, 15) is 9.18 Å². The minimum absolute atomic E-state index is 0.00757. The van der Waals surface area contributed by atoms with E-state index in [0.717, 1.165) is 18.4 Å². The number of benzene rings is 1. The van der Waals surface area contributed by atoms with Crippen molar-refractivity contribution in [3.63, 3.8) is 0 Å². The third-order valence-corrected chi connectivity index (χ3v) is 4.26. The van der Waals surface area contributed by atoms with E-state index in [2.05, 4.69) is 10.6 Å². The van der Waals surface area contributed by atoms with Crippen LogP contribution in [-0.4, -0.2) is 30.4 Å². The summed E-state index contributed by atoms with van der Waals surface area (Å²) >= 11 is 0. The van der Waals surface area contributed by atoms with Crippen molar-refractivity contribution in [2.45, 2.75) is 50.2 Å². The summed E-state index contributed by atoms with van der Waals surface area (Å²) in [4.78, 5) is 11.8. The Hall–Kier alpha value is -1.62.